The van der Waals surface area contributed by atoms with Gasteiger partial charge in [-0.05, 0) is 130 Å². The molecule has 4 aromatic rings. The second-order valence-electron chi connectivity index (χ2n) is 12.9. The third-order valence-electron chi connectivity index (χ3n) is 8.19. The number of azo groups is 2. The Bertz CT molecular complexity index is 1750. The third kappa shape index (κ3) is 19.6. The third-order valence-corrected chi connectivity index (χ3v) is 8.19. The van der Waals surface area contributed by atoms with Crippen LogP contribution >= 0.6 is 0 Å². The molecule has 4 rings (SSSR count). The highest BCUT2D eigenvalue weighted by Gasteiger charge is 2.05. The molecule has 0 spiro atoms. The van der Waals surface area contributed by atoms with E-state index in [4.69, 9.17) is 18.9 Å². The minimum atomic E-state index is -0.357. The van der Waals surface area contributed by atoms with Crippen LogP contribution in [0.2, 0.25) is 0 Å². The van der Waals surface area contributed by atoms with Gasteiger partial charge in [0.15, 0.2) is 0 Å². The molecular weight excluding hydrogens is 705 g/mol. The van der Waals surface area contributed by atoms with Crippen LogP contribution in [0.3, 0.4) is 0 Å². The largest absolute Gasteiger partial charge is 0.494 e. The summed E-state index contributed by atoms with van der Waals surface area (Å²) in [5, 5.41) is 16.8. The standard InChI is InChI=1S/C25H32N2O3.C21H26N2O3/c1-3-5-6-7-8-9-10-11-12-25(28)30-24-19-15-22(16-20-24)27-26-21-13-17-23(18-14-21)29-4-2;1-3-5-6-7-8-21(24)26-20-15-11-18(12-16-20)23-22-17-9-13-19(14-10-17)25-4-2/h11-20H,3-10H2,1-2H3;9-16H,3-8H2,1-2H3. The van der Waals surface area contributed by atoms with E-state index >= 15 is 0 Å². The first-order chi connectivity index (χ1) is 27.4. The van der Waals surface area contributed by atoms with Crippen LogP contribution in [0.4, 0.5) is 22.7 Å². The van der Waals surface area contributed by atoms with E-state index in [0.717, 1.165) is 61.4 Å². The summed E-state index contributed by atoms with van der Waals surface area (Å²) in [5.74, 6) is 2.10. The number of nitrogens with zero attached hydrogens (tertiary/aromatic N) is 4. The first-order valence-corrected chi connectivity index (χ1v) is 20.0. The molecule has 0 bridgehead atoms. The Hall–Kier alpha value is -5.64. The Morgan fingerprint density at radius 1 is 0.464 bits per heavy atom. The van der Waals surface area contributed by atoms with Crippen LogP contribution in [0.25, 0.3) is 0 Å². The van der Waals surface area contributed by atoms with E-state index < -0.39 is 0 Å². The second kappa shape index (κ2) is 27.9. The van der Waals surface area contributed by atoms with Gasteiger partial charge in [-0.15, -0.1) is 0 Å². The summed E-state index contributed by atoms with van der Waals surface area (Å²) < 4.78 is 21.4. The molecular formula is C46H58N4O6. The van der Waals surface area contributed by atoms with Crippen LogP contribution in [-0.2, 0) is 9.59 Å². The van der Waals surface area contributed by atoms with Crippen molar-refractivity contribution in [2.75, 3.05) is 13.2 Å². The maximum Gasteiger partial charge on any atom is 0.335 e. The van der Waals surface area contributed by atoms with E-state index in [1.807, 2.05) is 68.5 Å². The van der Waals surface area contributed by atoms with E-state index in [0.29, 0.717) is 42.5 Å². The van der Waals surface area contributed by atoms with E-state index in [1.54, 1.807) is 48.5 Å². The van der Waals surface area contributed by atoms with Crippen molar-refractivity contribution >= 4 is 34.7 Å². The number of hydrogen-bond acceptors (Lipinski definition) is 10. The number of unbranched alkanes of at least 4 members (excludes halogenated alkanes) is 9. The Morgan fingerprint density at radius 2 is 0.839 bits per heavy atom. The molecule has 0 amide bonds. The zero-order valence-electron chi connectivity index (χ0n) is 33.5. The smallest absolute Gasteiger partial charge is 0.335 e. The van der Waals surface area contributed by atoms with Crippen molar-refractivity contribution < 1.29 is 28.5 Å². The molecule has 0 heterocycles. The molecule has 0 unspecified atom stereocenters. The predicted octanol–water partition coefficient (Wildman–Crippen LogP) is 14.1. The summed E-state index contributed by atoms with van der Waals surface area (Å²) in [6.07, 6.45) is 16.5. The minimum Gasteiger partial charge on any atom is -0.494 e. The summed E-state index contributed by atoms with van der Waals surface area (Å²) in [6, 6.07) is 28.8. The van der Waals surface area contributed by atoms with E-state index in [1.165, 1.54) is 38.2 Å². The maximum atomic E-state index is 11.9. The fourth-order valence-electron chi connectivity index (χ4n) is 5.19. The van der Waals surface area contributed by atoms with Crippen LogP contribution in [0, 0.1) is 0 Å². The van der Waals surface area contributed by atoms with Crippen LogP contribution in [-0.4, -0.2) is 25.2 Å². The van der Waals surface area contributed by atoms with Gasteiger partial charge in [0.25, 0.3) is 0 Å². The zero-order chi connectivity index (χ0) is 40.1. The molecule has 0 fully saturated rings. The average molecular weight is 763 g/mol. The molecule has 0 aliphatic carbocycles. The number of hydrogen-bond donors (Lipinski definition) is 0. The molecule has 0 radical (unpaired) electrons. The first-order valence-electron chi connectivity index (χ1n) is 20.0. The normalized spacial score (nSPS) is 11.1. The number of carbonyl (C=O) groups excluding carboxylic acids is 2. The Kier molecular flexibility index (Phi) is 22.3. The topological polar surface area (TPSA) is 120 Å². The lowest BCUT2D eigenvalue weighted by Gasteiger charge is -2.04. The number of ether oxygens (including phenoxy) is 4. The molecule has 298 valence electrons. The summed E-state index contributed by atoms with van der Waals surface area (Å²) in [5.41, 5.74) is 2.87. The predicted molar refractivity (Wildman–Crippen MR) is 224 cm³/mol. The lowest BCUT2D eigenvalue weighted by molar-refractivity contribution is -0.134. The SMILES string of the molecule is CCCCCCC(=O)Oc1ccc(N=Nc2ccc(OCC)cc2)cc1.CCCCCCCCC=CC(=O)Oc1ccc(N=Nc2ccc(OCC)cc2)cc1. The van der Waals surface area contributed by atoms with Crippen molar-refractivity contribution in [3.05, 3.63) is 109 Å². The van der Waals surface area contributed by atoms with Gasteiger partial charge >= 0.3 is 11.9 Å². The molecule has 56 heavy (non-hydrogen) atoms. The minimum absolute atomic E-state index is 0.190. The Balaban J connectivity index is 0.000000303. The van der Waals surface area contributed by atoms with Gasteiger partial charge in [-0.3, -0.25) is 4.79 Å². The first kappa shape index (κ1) is 44.8. The van der Waals surface area contributed by atoms with Crippen LogP contribution < -0.4 is 18.9 Å². The monoisotopic (exact) mass is 762 g/mol. The molecule has 4 aromatic carbocycles. The van der Waals surface area contributed by atoms with Gasteiger partial charge in [0.2, 0.25) is 0 Å². The van der Waals surface area contributed by atoms with E-state index in [2.05, 4.69) is 34.3 Å². The molecule has 0 saturated carbocycles. The van der Waals surface area contributed by atoms with Gasteiger partial charge in [0, 0.05) is 12.5 Å². The highest BCUT2D eigenvalue weighted by molar-refractivity contribution is 5.84. The van der Waals surface area contributed by atoms with Crippen molar-refractivity contribution in [2.45, 2.75) is 105 Å². The lowest BCUT2D eigenvalue weighted by atomic mass is 10.1. The Labute approximate surface area is 333 Å². The quantitative estimate of drug-likeness (QED) is 0.0244. The van der Waals surface area contributed by atoms with E-state index in [9.17, 15) is 9.59 Å². The summed E-state index contributed by atoms with van der Waals surface area (Å²) in [4.78, 5) is 23.7. The maximum absolute atomic E-state index is 11.9. The van der Waals surface area contributed by atoms with Gasteiger partial charge in [0.05, 0.1) is 36.0 Å². The number of benzene rings is 4. The van der Waals surface area contributed by atoms with Crippen LogP contribution in [0.15, 0.2) is 130 Å². The number of rotatable bonds is 23. The van der Waals surface area contributed by atoms with Crippen LogP contribution in [0.1, 0.15) is 105 Å². The second-order valence-corrected chi connectivity index (χ2v) is 12.9. The van der Waals surface area contributed by atoms with Gasteiger partial charge in [-0.25, -0.2) is 4.79 Å². The van der Waals surface area contributed by atoms with Gasteiger partial charge in [0.1, 0.15) is 23.0 Å². The molecule has 10 heteroatoms. The zero-order valence-corrected chi connectivity index (χ0v) is 33.5. The number of allylic oxidation sites excluding steroid dienone is 1. The Morgan fingerprint density at radius 3 is 1.27 bits per heavy atom. The molecule has 0 saturated heterocycles. The average Bonchev–Trinajstić information content (AvgIpc) is 3.21. The van der Waals surface area contributed by atoms with Crippen LogP contribution in [0.5, 0.6) is 23.0 Å². The van der Waals surface area contributed by atoms with Crippen molar-refractivity contribution in [1.82, 2.24) is 0 Å². The van der Waals surface area contributed by atoms with Gasteiger partial charge < -0.3 is 18.9 Å². The van der Waals surface area contributed by atoms with Crippen molar-refractivity contribution in [3.8, 4) is 23.0 Å². The van der Waals surface area contributed by atoms with Crippen molar-refractivity contribution in [2.24, 2.45) is 20.5 Å². The molecule has 10 nitrogen and oxygen atoms in total. The fourth-order valence-corrected chi connectivity index (χ4v) is 5.19. The number of carbonyl (C=O) groups is 2. The fraction of sp³-hybridized carbons (Fsp3) is 0.391. The molecule has 0 aliphatic rings. The molecule has 0 aliphatic heterocycles. The highest BCUT2D eigenvalue weighted by atomic mass is 16.5. The lowest BCUT2D eigenvalue weighted by Crippen LogP contribution is -2.07. The summed E-state index contributed by atoms with van der Waals surface area (Å²) in [6.45, 7) is 9.52. The summed E-state index contributed by atoms with van der Waals surface area (Å²) in [7, 11) is 0. The molecule has 0 aromatic heterocycles. The van der Waals surface area contributed by atoms with Gasteiger partial charge in [-0.1, -0.05) is 71.3 Å². The summed E-state index contributed by atoms with van der Waals surface area (Å²) >= 11 is 0. The highest BCUT2D eigenvalue weighted by Crippen LogP contribution is 2.25. The van der Waals surface area contributed by atoms with E-state index in [-0.39, 0.29) is 11.9 Å². The number of esters is 2. The molecule has 0 N–H and O–H groups in total. The van der Waals surface area contributed by atoms with Gasteiger partial charge in [-0.2, -0.15) is 20.5 Å². The van der Waals surface area contributed by atoms with Crippen molar-refractivity contribution in [3.63, 3.8) is 0 Å². The molecule has 0 atom stereocenters. The van der Waals surface area contributed by atoms with Crippen molar-refractivity contribution in [1.29, 1.82) is 0 Å².